The molecule has 0 aliphatic carbocycles. The van der Waals surface area contributed by atoms with Crippen molar-refractivity contribution >= 4 is 72.5 Å². The van der Waals surface area contributed by atoms with Crippen LogP contribution in [0.3, 0.4) is 0 Å². The minimum absolute atomic E-state index is 0.104. The number of amides is 1. The zero-order valence-electron chi connectivity index (χ0n) is 17.7. The Morgan fingerprint density at radius 2 is 2.03 bits per heavy atom. The van der Waals surface area contributed by atoms with Crippen molar-refractivity contribution in [2.75, 3.05) is 5.32 Å². The Bertz CT molecular complexity index is 1490. The maximum Gasteiger partial charge on any atom is 0.239 e. The number of para-hydroxylation sites is 1. The third kappa shape index (κ3) is 3.72. The summed E-state index contributed by atoms with van der Waals surface area (Å²) in [6.45, 7) is 6.15. The fourth-order valence-electron chi connectivity index (χ4n) is 3.79. The van der Waals surface area contributed by atoms with Crippen LogP contribution in [-0.2, 0) is 4.79 Å². The number of halogens is 1. The molecule has 0 fully saturated rings. The molecule has 1 N–H and O–H groups in total. The van der Waals surface area contributed by atoms with Crippen molar-refractivity contribution in [3.63, 3.8) is 0 Å². The van der Waals surface area contributed by atoms with Gasteiger partial charge in [0.15, 0.2) is 15.9 Å². The van der Waals surface area contributed by atoms with Crippen molar-refractivity contribution in [3.8, 4) is 0 Å². The third-order valence-electron chi connectivity index (χ3n) is 5.38. The van der Waals surface area contributed by atoms with Crippen LogP contribution in [0, 0.1) is 13.8 Å². The molecule has 5 aromatic rings. The van der Waals surface area contributed by atoms with Crippen molar-refractivity contribution in [1.29, 1.82) is 0 Å². The van der Waals surface area contributed by atoms with Crippen LogP contribution in [0.25, 0.3) is 26.8 Å². The molecular formula is C23H20ClN5OS2. The molecule has 0 aliphatic heterocycles. The molecule has 1 atom stereocenters. The summed E-state index contributed by atoms with van der Waals surface area (Å²) in [6, 6.07) is 13.8. The topological polar surface area (TPSA) is 72.2 Å². The Morgan fingerprint density at radius 3 is 2.84 bits per heavy atom. The van der Waals surface area contributed by atoms with E-state index >= 15 is 0 Å². The summed E-state index contributed by atoms with van der Waals surface area (Å²) in [7, 11) is 0. The second-order valence-corrected chi connectivity index (χ2v) is 10.2. The van der Waals surface area contributed by atoms with E-state index in [1.165, 1.54) is 23.1 Å². The highest BCUT2D eigenvalue weighted by Gasteiger charge is 2.23. The first-order valence-corrected chi connectivity index (χ1v) is 12.3. The monoisotopic (exact) mass is 481 g/mol. The number of nitrogens with zero attached hydrogens (tertiary/aromatic N) is 4. The molecule has 0 bridgehead atoms. The lowest BCUT2D eigenvalue weighted by Crippen LogP contribution is -2.24. The van der Waals surface area contributed by atoms with E-state index in [0.717, 1.165) is 37.9 Å². The number of thioether (sulfide) groups is 1. The molecule has 5 rings (SSSR count). The van der Waals surface area contributed by atoms with Gasteiger partial charge in [0.2, 0.25) is 5.91 Å². The van der Waals surface area contributed by atoms with Crippen LogP contribution in [0.5, 0.6) is 0 Å². The fourth-order valence-corrected chi connectivity index (χ4v) is 5.90. The Labute approximate surface area is 198 Å². The van der Waals surface area contributed by atoms with E-state index in [9.17, 15) is 4.79 Å². The van der Waals surface area contributed by atoms with Crippen LogP contribution >= 0.6 is 34.7 Å². The molecule has 0 saturated heterocycles. The second-order valence-electron chi connectivity index (χ2n) is 7.61. The smallest absolute Gasteiger partial charge is 0.239 e. The Hall–Kier alpha value is -2.68. The van der Waals surface area contributed by atoms with E-state index in [-0.39, 0.29) is 11.2 Å². The van der Waals surface area contributed by atoms with Crippen molar-refractivity contribution in [2.45, 2.75) is 37.6 Å². The van der Waals surface area contributed by atoms with Gasteiger partial charge in [-0.05, 0) is 55.7 Å². The predicted octanol–water partition coefficient (Wildman–Crippen LogP) is 6.27. The third-order valence-corrected chi connectivity index (χ3v) is 7.86. The zero-order chi connectivity index (χ0) is 22.4. The standard InChI is InChI=1S/C23H20ClN5OS2/c1-4-17(21(30)26-22-25-16-9-8-14(24)11-18(16)31-22)32-23-28-27-19-10-13(3)15-7-5-6-12(2)20(15)29(19)23/h5-11,17H,4H2,1-3H3,(H,25,26,30). The lowest BCUT2D eigenvalue weighted by atomic mass is 10.1. The van der Waals surface area contributed by atoms with Crippen molar-refractivity contribution in [1.82, 2.24) is 19.6 Å². The molecule has 0 saturated carbocycles. The molecule has 3 aromatic heterocycles. The summed E-state index contributed by atoms with van der Waals surface area (Å²) >= 11 is 8.91. The average molecular weight is 482 g/mol. The summed E-state index contributed by atoms with van der Waals surface area (Å²) in [5.41, 5.74) is 4.97. The number of thiazole rings is 1. The van der Waals surface area contributed by atoms with Crippen molar-refractivity contribution in [3.05, 3.63) is 58.6 Å². The van der Waals surface area contributed by atoms with Gasteiger partial charge in [0, 0.05) is 10.4 Å². The maximum atomic E-state index is 13.1. The molecule has 1 amide bonds. The largest absolute Gasteiger partial charge is 0.301 e. The Morgan fingerprint density at radius 1 is 1.19 bits per heavy atom. The van der Waals surface area contributed by atoms with Crippen molar-refractivity contribution < 1.29 is 4.79 Å². The summed E-state index contributed by atoms with van der Waals surface area (Å²) < 4.78 is 2.99. The molecule has 3 heterocycles. The highest BCUT2D eigenvalue weighted by Crippen LogP contribution is 2.32. The van der Waals surface area contributed by atoms with Crippen molar-refractivity contribution in [2.24, 2.45) is 0 Å². The molecule has 0 aliphatic rings. The van der Waals surface area contributed by atoms with Gasteiger partial charge in [-0.15, -0.1) is 10.2 Å². The number of aryl methyl sites for hydroxylation is 2. The van der Waals surface area contributed by atoms with Gasteiger partial charge in [0.05, 0.1) is 21.0 Å². The van der Waals surface area contributed by atoms with Crippen LogP contribution in [-0.4, -0.2) is 30.7 Å². The fraction of sp³-hybridized carbons (Fsp3) is 0.217. The zero-order valence-corrected chi connectivity index (χ0v) is 20.1. The van der Waals surface area contributed by atoms with Gasteiger partial charge >= 0.3 is 0 Å². The predicted molar refractivity (Wildman–Crippen MR) is 133 cm³/mol. The lowest BCUT2D eigenvalue weighted by Gasteiger charge is -2.14. The van der Waals surface area contributed by atoms with E-state index in [1.807, 2.05) is 25.1 Å². The minimum Gasteiger partial charge on any atom is -0.301 e. The first-order chi connectivity index (χ1) is 15.4. The quantitative estimate of drug-likeness (QED) is 0.299. The summed E-state index contributed by atoms with van der Waals surface area (Å²) in [5, 5.41) is 14.5. The van der Waals surface area contributed by atoms with Gasteiger partial charge < -0.3 is 5.32 Å². The number of aromatic nitrogens is 4. The van der Waals surface area contributed by atoms with E-state index in [4.69, 9.17) is 11.6 Å². The first-order valence-electron chi connectivity index (χ1n) is 10.2. The number of nitrogens with one attached hydrogen (secondary N) is 1. The number of pyridine rings is 1. The van der Waals surface area contributed by atoms with Gasteiger partial charge in [0.1, 0.15) is 0 Å². The van der Waals surface area contributed by atoms with Gasteiger partial charge in [0.25, 0.3) is 0 Å². The molecule has 32 heavy (non-hydrogen) atoms. The highest BCUT2D eigenvalue weighted by atomic mass is 35.5. The highest BCUT2D eigenvalue weighted by molar-refractivity contribution is 8.00. The number of rotatable bonds is 5. The van der Waals surface area contributed by atoms with E-state index in [1.54, 1.807) is 6.07 Å². The maximum absolute atomic E-state index is 13.1. The molecule has 0 radical (unpaired) electrons. The molecule has 0 spiro atoms. The molecule has 162 valence electrons. The van der Waals surface area contributed by atoms with Gasteiger partial charge in [-0.25, -0.2) is 4.98 Å². The second kappa shape index (κ2) is 8.35. The van der Waals surface area contributed by atoms with Crippen LogP contribution < -0.4 is 5.32 Å². The van der Waals surface area contributed by atoms with Crippen LogP contribution in [0.2, 0.25) is 5.02 Å². The lowest BCUT2D eigenvalue weighted by molar-refractivity contribution is -0.115. The minimum atomic E-state index is -0.335. The number of benzene rings is 2. The van der Waals surface area contributed by atoms with Crippen LogP contribution in [0.4, 0.5) is 5.13 Å². The Balaban J connectivity index is 1.47. The SMILES string of the molecule is CCC(Sc1nnc2cc(C)c3cccc(C)c3n12)C(=O)Nc1nc2ccc(Cl)cc2s1. The van der Waals surface area contributed by atoms with E-state index < -0.39 is 0 Å². The molecular weight excluding hydrogens is 462 g/mol. The number of hydrogen-bond donors (Lipinski definition) is 1. The summed E-state index contributed by atoms with van der Waals surface area (Å²) in [4.78, 5) is 17.6. The summed E-state index contributed by atoms with van der Waals surface area (Å²) in [6.07, 6.45) is 0.644. The number of hydrogen-bond acceptors (Lipinski definition) is 6. The molecule has 6 nitrogen and oxygen atoms in total. The van der Waals surface area contributed by atoms with Crippen LogP contribution in [0.15, 0.2) is 47.6 Å². The van der Waals surface area contributed by atoms with Gasteiger partial charge in [-0.3, -0.25) is 9.20 Å². The average Bonchev–Trinajstić information content (AvgIpc) is 3.34. The molecule has 1 unspecified atom stereocenters. The Kier molecular flexibility index (Phi) is 5.53. The first kappa shape index (κ1) is 21.2. The van der Waals surface area contributed by atoms with Gasteiger partial charge in [-0.1, -0.05) is 59.8 Å². The normalized spacial score (nSPS) is 12.6. The van der Waals surface area contributed by atoms with E-state index in [2.05, 4.69) is 56.9 Å². The summed E-state index contributed by atoms with van der Waals surface area (Å²) in [5.74, 6) is -0.104. The van der Waals surface area contributed by atoms with Gasteiger partial charge in [-0.2, -0.15) is 0 Å². The number of fused-ring (bicyclic) bond motifs is 4. The molecule has 9 heteroatoms. The number of anilines is 1. The number of carbonyl (C=O) groups is 1. The number of carbonyl (C=O) groups excluding carboxylic acids is 1. The van der Waals surface area contributed by atoms with E-state index in [0.29, 0.717) is 21.7 Å². The van der Waals surface area contributed by atoms with Crippen LogP contribution in [0.1, 0.15) is 24.5 Å². The molecule has 2 aromatic carbocycles.